The van der Waals surface area contributed by atoms with Gasteiger partial charge in [0.05, 0.1) is 17.7 Å². The highest BCUT2D eigenvalue weighted by Crippen LogP contribution is 2.36. The molecule has 6 heteroatoms. The van der Waals surface area contributed by atoms with Crippen LogP contribution in [0.25, 0.3) is 0 Å². The Balaban J connectivity index is 1.78. The van der Waals surface area contributed by atoms with Crippen LogP contribution < -0.4 is 10.6 Å². The minimum atomic E-state index is -0.835. The van der Waals surface area contributed by atoms with Crippen LogP contribution in [-0.2, 0) is 12.0 Å². The van der Waals surface area contributed by atoms with Gasteiger partial charge in [-0.2, -0.15) is 5.26 Å². The quantitative estimate of drug-likeness (QED) is 0.811. The van der Waals surface area contributed by atoms with E-state index in [1.54, 1.807) is 6.07 Å². The SMILES string of the molecule is N#Cc1cc(NC(=O)NC2(CO)CCc3ccccc32)ccc1F. The Bertz CT molecular complexity index is 831. The Morgan fingerprint density at radius 1 is 1.33 bits per heavy atom. The molecular weight excluding hydrogens is 309 g/mol. The number of aliphatic hydroxyl groups excluding tert-OH is 1. The Kier molecular flexibility index (Phi) is 4.19. The van der Waals surface area contributed by atoms with Gasteiger partial charge in [-0.1, -0.05) is 24.3 Å². The summed E-state index contributed by atoms with van der Waals surface area (Å²) in [5.74, 6) is -0.639. The van der Waals surface area contributed by atoms with E-state index in [9.17, 15) is 14.3 Å². The third-order valence-electron chi connectivity index (χ3n) is 4.32. The van der Waals surface area contributed by atoms with Gasteiger partial charge < -0.3 is 15.7 Å². The molecule has 3 rings (SSSR count). The lowest BCUT2D eigenvalue weighted by Gasteiger charge is -2.29. The van der Waals surface area contributed by atoms with E-state index in [2.05, 4.69) is 10.6 Å². The summed E-state index contributed by atoms with van der Waals surface area (Å²) in [7, 11) is 0. The number of halogens is 1. The average Bonchev–Trinajstić information content (AvgIpc) is 2.96. The smallest absolute Gasteiger partial charge is 0.320 e. The number of aryl methyl sites for hydroxylation is 1. The molecule has 1 aliphatic rings. The summed E-state index contributed by atoms with van der Waals surface area (Å²) in [5.41, 5.74) is 1.33. The van der Waals surface area contributed by atoms with Gasteiger partial charge in [-0.3, -0.25) is 0 Å². The minimum Gasteiger partial charge on any atom is -0.394 e. The number of anilines is 1. The van der Waals surface area contributed by atoms with Crippen LogP contribution in [-0.4, -0.2) is 17.7 Å². The first-order valence-electron chi connectivity index (χ1n) is 7.56. The highest BCUT2D eigenvalue weighted by atomic mass is 19.1. The second kappa shape index (κ2) is 6.30. The fourth-order valence-corrected chi connectivity index (χ4v) is 3.09. The van der Waals surface area contributed by atoms with Crippen LogP contribution in [0.3, 0.4) is 0 Å². The van der Waals surface area contributed by atoms with Crippen molar-refractivity contribution in [1.82, 2.24) is 5.32 Å². The normalized spacial score (nSPS) is 18.5. The van der Waals surface area contributed by atoms with E-state index in [-0.39, 0.29) is 12.2 Å². The molecule has 0 heterocycles. The number of nitrogens with zero attached hydrogens (tertiary/aromatic N) is 1. The van der Waals surface area contributed by atoms with Crippen molar-refractivity contribution in [2.75, 3.05) is 11.9 Å². The highest BCUT2D eigenvalue weighted by Gasteiger charge is 2.39. The molecule has 2 aromatic carbocycles. The second-order valence-corrected chi connectivity index (χ2v) is 5.78. The van der Waals surface area contributed by atoms with Crippen molar-refractivity contribution >= 4 is 11.7 Å². The molecule has 0 saturated carbocycles. The zero-order valence-electron chi connectivity index (χ0n) is 12.8. The standard InChI is InChI=1S/C18H16FN3O2/c19-16-6-5-14(9-13(16)10-20)21-17(24)22-18(11-23)8-7-12-3-1-2-4-15(12)18/h1-6,9,23H,7-8,11H2,(H2,21,22,24). The lowest BCUT2D eigenvalue weighted by Crippen LogP contribution is -2.48. The van der Waals surface area contributed by atoms with Gasteiger partial charge in [0.2, 0.25) is 0 Å². The topological polar surface area (TPSA) is 85.2 Å². The first kappa shape index (κ1) is 16.0. The van der Waals surface area contributed by atoms with Crippen molar-refractivity contribution in [2.45, 2.75) is 18.4 Å². The van der Waals surface area contributed by atoms with Gasteiger partial charge in [-0.25, -0.2) is 9.18 Å². The van der Waals surface area contributed by atoms with Gasteiger partial charge in [0, 0.05) is 5.69 Å². The molecule has 1 unspecified atom stereocenters. The Morgan fingerprint density at radius 2 is 2.12 bits per heavy atom. The molecule has 24 heavy (non-hydrogen) atoms. The zero-order valence-corrected chi connectivity index (χ0v) is 12.8. The summed E-state index contributed by atoms with van der Waals surface area (Å²) in [5, 5.41) is 24.1. The monoisotopic (exact) mass is 325 g/mol. The van der Waals surface area contributed by atoms with Gasteiger partial charge in [0.15, 0.2) is 0 Å². The average molecular weight is 325 g/mol. The Labute approximate surface area is 138 Å². The van der Waals surface area contributed by atoms with Crippen LogP contribution in [0, 0.1) is 17.1 Å². The molecule has 0 radical (unpaired) electrons. The Hall–Kier alpha value is -2.91. The third kappa shape index (κ3) is 2.82. The molecule has 0 bridgehead atoms. The van der Waals surface area contributed by atoms with Crippen molar-refractivity contribution in [3.63, 3.8) is 0 Å². The predicted molar refractivity (Wildman–Crippen MR) is 86.8 cm³/mol. The maximum absolute atomic E-state index is 13.3. The zero-order chi connectivity index (χ0) is 17.2. The molecular formula is C18H16FN3O2. The van der Waals surface area contributed by atoms with Crippen molar-refractivity contribution in [2.24, 2.45) is 0 Å². The van der Waals surface area contributed by atoms with Crippen molar-refractivity contribution < 1.29 is 14.3 Å². The van der Waals surface area contributed by atoms with E-state index in [1.165, 1.54) is 12.1 Å². The maximum Gasteiger partial charge on any atom is 0.320 e. The molecule has 0 fully saturated rings. The van der Waals surface area contributed by atoms with Crippen LogP contribution in [0.4, 0.5) is 14.9 Å². The van der Waals surface area contributed by atoms with Crippen molar-refractivity contribution in [1.29, 1.82) is 5.26 Å². The summed E-state index contributed by atoms with van der Waals surface area (Å²) >= 11 is 0. The number of carbonyl (C=O) groups is 1. The van der Waals surface area contributed by atoms with Gasteiger partial charge in [-0.05, 0) is 42.2 Å². The number of benzene rings is 2. The summed E-state index contributed by atoms with van der Waals surface area (Å²) in [4.78, 5) is 12.3. The number of fused-ring (bicyclic) bond motifs is 1. The minimum absolute atomic E-state index is 0.143. The molecule has 122 valence electrons. The number of amides is 2. The van der Waals surface area contributed by atoms with E-state index in [0.29, 0.717) is 12.1 Å². The largest absolute Gasteiger partial charge is 0.394 e. The number of urea groups is 1. The molecule has 0 spiro atoms. The number of carbonyl (C=O) groups excluding carboxylic acids is 1. The predicted octanol–water partition coefficient (Wildman–Crippen LogP) is 2.65. The van der Waals surface area contributed by atoms with Crippen LogP contribution >= 0.6 is 0 Å². The fraction of sp³-hybridized carbons (Fsp3) is 0.222. The summed E-state index contributed by atoms with van der Waals surface area (Å²) < 4.78 is 13.3. The molecule has 3 N–H and O–H groups in total. The van der Waals surface area contributed by atoms with E-state index in [4.69, 9.17) is 5.26 Å². The number of nitrogens with one attached hydrogen (secondary N) is 2. The van der Waals surface area contributed by atoms with Crippen molar-refractivity contribution in [3.05, 3.63) is 65.0 Å². The molecule has 2 aromatic rings. The lowest BCUT2D eigenvalue weighted by atomic mass is 9.93. The molecule has 1 aliphatic carbocycles. The van der Waals surface area contributed by atoms with Gasteiger partial charge >= 0.3 is 6.03 Å². The lowest BCUT2D eigenvalue weighted by molar-refractivity contribution is 0.164. The van der Waals surface area contributed by atoms with Crippen LogP contribution in [0.15, 0.2) is 42.5 Å². The first-order valence-corrected chi connectivity index (χ1v) is 7.56. The number of hydrogen-bond donors (Lipinski definition) is 3. The van der Waals surface area contributed by atoms with E-state index in [0.717, 1.165) is 23.6 Å². The van der Waals surface area contributed by atoms with Gasteiger partial charge in [0.25, 0.3) is 0 Å². The molecule has 5 nitrogen and oxygen atoms in total. The number of aliphatic hydroxyl groups is 1. The molecule has 0 aliphatic heterocycles. The molecule has 0 saturated heterocycles. The molecule has 1 atom stereocenters. The number of rotatable bonds is 3. The second-order valence-electron chi connectivity index (χ2n) is 5.78. The van der Waals surface area contributed by atoms with E-state index < -0.39 is 17.4 Å². The first-order chi connectivity index (χ1) is 11.6. The van der Waals surface area contributed by atoms with E-state index in [1.807, 2.05) is 24.3 Å². The summed E-state index contributed by atoms with van der Waals surface area (Å²) in [6.07, 6.45) is 1.37. The maximum atomic E-state index is 13.3. The van der Waals surface area contributed by atoms with Gasteiger partial charge in [-0.15, -0.1) is 0 Å². The number of hydrogen-bond acceptors (Lipinski definition) is 3. The van der Waals surface area contributed by atoms with E-state index >= 15 is 0 Å². The third-order valence-corrected chi connectivity index (χ3v) is 4.32. The molecule has 2 amide bonds. The van der Waals surface area contributed by atoms with Crippen LogP contribution in [0.5, 0.6) is 0 Å². The number of nitriles is 1. The summed E-state index contributed by atoms with van der Waals surface area (Å²) in [6, 6.07) is 12.6. The highest BCUT2D eigenvalue weighted by molar-refractivity contribution is 5.90. The summed E-state index contributed by atoms with van der Waals surface area (Å²) in [6.45, 7) is -0.218. The fourth-order valence-electron chi connectivity index (χ4n) is 3.09. The van der Waals surface area contributed by atoms with Crippen molar-refractivity contribution in [3.8, 4) is 6.07 Å². The Morgan fingerprint density at radius 3 is 2.88 bits per heavy atom. The van der Waals surface area contributed by atoms with Crippen LogP contribution in [0.2, 0.25) is 0 Å². The van der Waals surface area contributed by atoms with Crippen LogP contribution in [0.1, 0.15) is 23.1 Å². The van der Waals surface area contributed by atoms with Gasteiger partial charge in [0.1, 0.15) is 11.9 Å². The molecule has 0 aromatic heterocycles.